The molecule has 0 aromatic heterocycles. The largest absolute Gasteiger partial charge is 0.508 e. The molecule has 2 rings (SSSR count). The van der Waals surface area contributed by atoms with E-state index in [-0.39, 0.29) is 16.8 Å². The minimum atomic E-state index is -0.307. The number of amides is 1. The Bertz CT molecular complexity index is 480. The van der Waals surface area contributed by atoms with Gasteiger partial charge in [-0.25, -0.2) is 0 Å². The number of hydrogen-bond acceptors (Lipinski definition) is 4. The third-order valence-corrected chi connectivity index (χ3v) is 2.64. The second kappa shape index (κ2) is 3.78. The van der Waals surface area contributed by atoms with Crippen molar-refractivity contribution in [3.63, 3.8) is 0 Å². The van der Waals surface area contributed by atoms with Gasteiger partial charge in [-0.15, -0.1) is 0 Å². The number of phenolic OH excluding ortho intramolecular Hbond substituents is 1. The van der Waals surface area contributed by atoms with Gasteiger partial charge in [0.25, 0.3) is 0 Å². The third-order valence-electron chi connectivity index (χ3n) is 1.83. The molecule has 1 amide bonds. The Morgan fingerprint density at radius 1 is 1.47 bits per heavy atom. The molecule has 0 spiro atoms. The van der Waals surface area contributed by atoms with Gasteiger partial charge in [-0.1, -0.05) is 12.1 Å². The predicted molar refractivity (Wildman–Crippen MR) is 60.7 cm³/mol. The molecule has 1 aliphatic heterocycles. The van der Waals surface area contributed by atoms with Crippen LogP contribution in [0.4, 0.5) is 4.79 Å². The Morgan fingerprint density at radius 2 is 2.27 bits per heavy atom. The molecular weight excluding hydrogens is 212 g/mol. The molecule has 4 nitrogen and oxygen atoms in total. The van der Waals surface area contributed by atoms with Gasteiger partial charge in [0.1, 0.15) is 11.6 Å². The molecule has 0 unspecified atom stereocenters. The summed E-state index contributed by atoms with van der Waals surface area (Å²) in [6.07, 6.45) is 1.72. The van der Waals surface area contributed by atoms with Crippen LogP contribution in [-0.4, -0.2) is 16.2 Å². The van der Waals surface area contributed by atoms with Gasteiger partial charge in [-0.3, -0.25) is 4.79 Å². The highest BCUT2D eigenvalue weighted by Gasteiger charge is 2.18. The maximum absolute atomic E-state index is 10.9. The summed E-state index contributed by atoms with van der Waals surface area (Å²) in [4.78, 5) is 15.1. The number of nitrogens with two attached hydrogens (primary N) is 1. The first kappa shape index (κ1) is 9.79. The number of benzene rings is 1. The monoisotopic (exact) mass is 220 g/mol. The second-order valence-corrected chi connectivity index (χ2v) is 3.96. The number of thioether (sulfide) groups is 1. The topological polar surface area (TPSA) is 75.7 Å². The molecule has 0 fully saturated rings. The van der Waals surface area contributed by atoms with Crippen molar-refractivity contribution in [3.05, 3.63) is 34.7 Å². The molecule has 0 saturated heterocycles. The normalized spacial score (nSPS) is 18.3. The van der Waals surface area contributed by atoms with E-state index in [1.165, 1.54) is 0 Å². The Balaban J connectivity index is 2.32. The molecule has 0 saturated carbocycles. The average molecular weight is 220 g/mol. The van der Waals surface area contributed by atoms with E-state index in [0.29, 0.717) is 4.91 Å². The summed E-state index contributed by atoms with van der Waals surface area (Å²) < 4.78 is 0. The molecule has 1 heterocycles. The van der Waals surface area contributed by atoms with E-state index in [0.717, 1.165) is 17.3 Å². The quantitative estimate of drug-likeness (QED) is 0.758. The van der Waals surface area contributed by atoms with E-state index < -0.39 is 0 Å². The zero-order chi connectivity index (χ0) is 10.8. The van der Waals surface area contributed by atoms with Gasteiger partial charge in [0, 0.05) is 0 Å². The predicted octanol–water partition coefficient (Wildman–Crippen LogP) is 1.96. The molecule has 15 heavy (non-hydrogen) atoms. The number of carbonyl (C=O) groups excluding carboxylic acids is 1. The van der Waals surface area contributed by atoms with Crippen molar-refractivity contribution in [1.29, 1.82) is 0 Å². The summed E-state index contributed by atoms with van der Waals surface area (Å²) in [7, 11) is 0. The van der Waals surface area contributed by atoms with Crippen LogP contribution < -0.4 is 5.73 Å². The van der Waals surface area contributed by atoms with Crippen molar-refractivity contribution in [1.82, 2.24) is 0 Å². The zero-order valence-electron chi connectivity index (χ0n) is 7.68. The number of aromatic hydroxyl groups is 1. The van der Waals surface area contributed by atoms with Gasteiger partial charge in [0.05, 0.1) is 4.91 Å². The molecule has 0 radical (unpaired) electrons. The highest BCUT2D eigenvalue weighted by molar-refractivity contribution is 8.18. The van der Waals surface area contributed by atoms with Crippen LogP contribution >= 0.6 is 11.8 Å². The lowest BCUT2D eigenvalue weighted by Gasteiger charge is -1.97. The van der Waals surface area contributed by atoms with Gasteiger partial charge >= 0.3 is 5.24 Å². The van der Waals surface area contributed by atoms with E-state index in [1.807, 2.05) is 6.07 Å². The van der Waals surface area contributed by atoms with E-state index in [2.05, 4.69) is 4.99 Å². The first-order valence-electron chi connectivity index (χ1n) is 4.22. The van der Waals surface area contributed by atoms with Gasteiger partial charge in [0.15, 0.2) is 0 Å². The first-order chi connectivity index (χ1) is 7.15. The number of rotatable bonds is 1. The van der Waals surface area contributed by atoms with Crippen LogP contribution in [0.15, 0.2) is 34.2 Å². The van der Waals surface area contributed by atoms with Crippen molar-refractivity contribution in [3.8, 4) is 5.75 Å². The number of hydrogen-bond donors (Lipinski definition) is 2. The fourth-order valence-corrected chi connectivity index (χ4v) is 1.87. The Hall–Kier alpha value is -1.75. The highest BCUT2D eigenvalue weighted by atomic mass is 32.2. The smallest absolute Gasteiger partial charge is 0.311 e. The minimum Gasteiger partial charge on any atom is -0.508 e. The van der Waals surface area contributed by atoms with Crippen LogP contribution in [0, 0.1) is 0 Å². The minimum absolute atomic E-state index is 0.175. The SMILES string of the molecule is NC1=NC(=O)S/C1=C\c1cccc(O)c1. The van der Waals surface area contributed by atoms with E-state index in [1.54, 1.807) is 24.3 Å². The van der Waals surface area contributed by atoms with E-state index >= 15 is 0 Å². The lowest BCUT2D eigenvalue weighted by molar-refractivity contribution is 0.268. The van der Waals surface area contributed by atoms with Crippen LogP contribution in [0.5, 0.6) is 5.75 Å². The molecule has 0 atom stereocenters. The fraction of sp³-hybridized carbons (Fsp3) is 0. The van der Waals surface area contributed by atoms with Crippen LogP contribution in [-0.2, 0) is 0 Å². The summed E-state index contributed by atoms with van der Waals surface area (Å²) in [5.74, 6) is 0.405. The van der Waals surface area contributed by atoms with E-state index in [9.17, 15) is 9.90 Å². The molecule has 1 aliphatic rings. The summed E-state index contributed by atoms with van der Waals surface area (Å²) in [5, 5.41) is 8.93. The molecular formula is C10H8N2O2S. The zero-order valence-corrected chi connectivity index (χ0v) is 8.49. The molecule has 0 aliphatic carbocycles. The molecule has 3 N–H and O–H groups in total. The number of carbonyl (C=O) groups is 1. The lowest BCUT2D eigenvalue weighted by atomic mass is 10.2. The summed E-state index contributed by atoms with van der Waals surface area (Å²) in [5.41, 5.74) is 6.32. The van der Waals surface area contributed by atoms with Crippen molar-refractivity contribution in [2.24, 2.45) is 10.7 Å². The standard InChI is InChI=1S/C10H8N2O2S/c11-9-8(15-10(14)12-9)5-6-2-1-3-7(13)4-6/h1-5,13H,(H2,11,12,14)/b8-5-. The van der Waals surface area contributed by atoms with Gasteiger partial charge in [-0.05, 0) is 35.5 Å². The lowest BCUT2D eigenvalue weighted by Crippen LogP contribution is -2.08. The number of amidine groups is 1. The fourth-order valence-electron chi connectivity index (χ4n) is 1.19. The van der Waals surface area contributed by atoms with Crippen LogP contribution in [0.25, 0.3) is 6.08 Å². The van der Waals surface area contributed by atoms with Crippen LogP contribution in [0.3, 0.4) is 0 Å². The Morgan fingerprint density at radius 3 is 2.87 bits per heavy atom. The van der Waals surface area contributed by atoms with Gasteiger partial charge in [-0.2, -0.15) is 4.99 Å². The summed E-state index contributed by atoms with van der Waals surface area (Å²) in [6, 6.07) is 6.69. The Labute approximate surface area is 90.5 Å². The van der Waals surface area contributed by atoms with Gasteiger partial charge in [0.2, 0.25) is 0 Å². The number of aliphatic imine (C=N–C) groups is 1. The molecule has 1 aromatic rings. The van der Waals surface area contributed by atoms with Crippen molar-refractivity contribution >= 4 is 28.9 Å². The van der Waals surface area contributed by atoms with Crippen LogP contribution in [0.2, 0.25) is 0 Å². The van der Waals surface area contributed by atoms with Crippen molar-refractivity contribution in [2.75, 3.05) is 0 Å². The molecule has 1 aromatic carbocycles. The number of phenols is 1. The maximum atomic E-state index is 10.9. The molecule has 0 bridgehead atoms. The molecule has 5 heteroatoms. The average Bonchev–Trinajstić information content (AvgIpc) is 2.45. The highest BCUT2D eigenvalue weighted by Crippen LogP contribution is 2.27. The molecule has 76 valence electrons. The van der Waals surface area contributed by atoms with Crippen molar-refractivity contribution < 1.29 is 9.90 Å². The van der Waals surface area contributed by atoms with E-state index in [4.69, 9.17) is 5.73 Å². The third kappa shape index (κ3) is 2.19. The first-order valence-corrected chi connectivity index (χ1v) is 5.04. The number of nitrogens with zero attached hydrogens (tertiary/aromatic N) is 1. The van der Waals surface area contributed by atoms with Crippen LogP contribution in [0.1, 0.15) is 5.56 Å². The summed E-state index contributed by atoms with van der Waals surface area (Å²) >= 11 is 0.986. The Kier molecular flexibility index (Phi) is 2.47. The van der Waals surface area contributed by atoms with Gasteiger partial charge < -0.3 is 10.8 Å². The van der Waals surface area contributed by atoms with Crippen molar-refractivity contribution in [2.45, 2.75) is 0 Å². The summed E-state index contributed by atoms with van der Waals surface area (Å²) in [6.45, 7) is 0. The second-order valence-electron chi connectivity index (χ2n) is 2.97. The maximum Gasteiger partial charge on any atom is 0.311 e.